The molecule has 0 radical (unpaired) electrons. The number of aliphatic hydroxyl groups excluding tert-OH is 1. The number of halogens is 2. The molecular weight excluding hydrogens is 471 g/mol. The lowest BCUT2D eigenvalue weighted by Gasteiger charge is -2.30. The summed E-state index contributed by atoms with van der Waals surface area (Å²) in [4.78, 5) is 2.31. The van der Waals surface area contributed by atoms with Gasteiger partial charge in [0.05, 0.1) is 12.1 Å². The van der Waals surface area contributed by atoms with E-state index >= 15 is 0 Å². The van der Waals surface area contributed by atoms with Gasteiger partial charge in [0.1, 0.15) is 23.5 Å². The lowest BCUT2D eigenvalue weighted by molar-refractivity contribution is 0.0818. The van der Waals surface area contributed by atoms with Crippen LogP contribution in [0, 0.1) is 0 Å². The minimum atomic E-state index is -0.297. The maximum Gasteiger partial charge on any atom is 0.140 e. The minimum Gasteiger partial charge on any atom is -0.484 e. The van der Waals surface area contributed by atoms with Gasteiger partial charge in [-0.05, 0) is 54.8 Å². The number of ether oxygens (including phenoxy) is 1. The first kappa shape index (κ1) is 23.6. The highest BCUT2D eigenvalue weighted by Crippen LogP contribution is 2.43. The predicted molar refractivity (Wildman–Crippen MR) is 134 cm³/mol. The highest BCUT2D eigenvalue weighted by atomic mass is 35.5. The van der Waals surface area contributed by atoms with Crippen LogP contribution in [-0.4, -0.2) is 50.0 Å². The molecule has 6 nitrogen and oxygen atoms in total. The second-order valence-electron chi connectivity index (χ2n) is 9.51. The largest absolute Gasteiger partial charge is 0.484 e. The molecule has 1 aromatic heterocycles. The second kappa shape index (κ2) is 9.50. The molecule has 0 unspecified atom stereocenters. The Morgan fingerprint density at radius 1 is 1.15 bits per heavy atom. The van der Waals surface area contributed by atoms with Crippen LogP contribution < -0.4 is 4.74 Å². The Morgan fingerprint density at radius 3 is 2.56 bits per heavy atom. The van der Waals surface area contributed by atoms with Crippen LogP contribution >= 0.6 is 23.2 Å². The molecule has 3 aromatic rings. The molecule has 1 aliphatic carbocycles. The van der Waals surface area contributed by atoms with Gasteiger partial charge in [0, 0.05) is 46.7 Å². The van der Waals surface area contributed by atoms with E-state index in [4.69, 9.17) is 27.9 Å². The first-order valence-electron chi connectivity index (χ1n) is 12.0. The SMILES string of the molecule is CCc1nnc(C(C)C)n1-c1ccc(O[C@@H]2c3cc(Cl)cc(Cl)c3C[C@@H]2N2CC[C@@H](O)C2)cc1. The maximum atomic E-state index is 10.1. The van der Waals surface area contributed by atoms with E-state index in [0.29, 0.717) is 16.6 Å². The molecule has 2 heterocycles. The van der Waals surface area contributed by atoms with Gasteiger partial charge in [-0.1, -0.05) is 44.0 Å². The Hall–Kier alpha value is -2.12. The average Bonchev–Trinajstić information content (AvgIpc) is 3.51. The molecule has 1 saturated heterocycles. The molecule has 2 aromatic carbocycles. The van der Waals surface area contributed by atoms with E-state index < -0.39 is 0 Å². The van der Waals surface area contributed by atoms with E-state index in [2.05, 4.69) is 52.6 Å². The summed E-state index contributed by atoms with van der Waals surface area (Å²) in [5.41, 5.74) is 3.13. The summed E-state index contributed by atoms with van der Waals surface area (Å²) in [6.45, 7) is 7.83. The summed E-state index contributed by atoms with van der Waals surface area (Å²) in [5.74, 6) is 2.94. The van der Waals surface area contributed by atoms with Gasteiger partial charge in [-0.25, -0.2) is 0 Å². The van der Waals surface area contributed by atoms with Gasteiger partial charge in [-0.2, -0.15) is 0 Å². The van der Waals surface area contributed by atoms with Crippen molar-refractivity contribution >= 4 is 23.2 Å². The van der Waals surface area contributed by atoms with E-state index in [-0.39, 0.29) is 24.2 Å². The number of aryl methyl sites for hydroxylation is 1. The van der Waals surface area contributed by atoms with E-state index in [1.165, 1.54) is 0 Å². The lowest BCUT2D eigenvalue weighted by Crippen LogP contribution is -2.39. The van der Waals surface area contributed by atoms with Crippen LogP contribution in [0.1, 0.15) is 62.0 Å². The number of β-amino-alcohol motifs (C(OH)–C–C–N with tert-alkyl or cyclic N) is 1. The fourth-order valence-electron chi connectivity index (χ4n) is 5.18. The van der Waals surface area contributed by atoms with Crippen LogP contribution in [-0.2, 0) is 12.8 Å². The smallest absolute Gasteiger partial charge is 0.140 e. The Balaban J connectivity index is 1.45. The number of hydrogen-bond acceptors (Lipinski definition) is 5. The number of benzene rings is 2. The zero-order chi connectivity index (χ0) is 24.0. The molecule has 180 valence electrons. The Labute approximate surface area is 210 Å². The molecule has 1 fully saturated rings. The number of likely N-dealkylation sites (tertiary alicyclic amines) is 1. The molecule has 0 spiro atoms. The van der Waals surface area contributed by atoms with Gasteiger partial charge in [-0.3, -0.25) is 9.47 Å². The molecule has 1 aliphatic heterocycles. The van der Waals surface area contributed by atoms with E-state index in [1.807, 2.05) is 18.2 Å². The number of aromatic nitrogens is 3. The number of nitrogens with zero attached hydrogens (tertiary/aromatic N) is 4. The Bertz CT molecular complexity index is 1180. The summed E-state index contributed by atoms with van der Waals surface area (Å²) in [6, 6.07) is 12.0. The fraction of sp³-hybridized carbons (Fsp3) is 0.462. The Kier molecular flexibility index (Phi) is 6.60. The predicted octanol–water partition coefficient (Wildman–Crippen LogP) is 5.37. The number of aliphatic hydroxyl groups is 1. The number of rotatable bonds is 6. The maximum absolute atomic E-state index is 10.1. The fourth-order valence-corrected chi connectivity index (χ4v) is 5.77. The van der Waals surface area contributed by atoms with Crippen molar-refractivity contribution in [1.82, 2.24) is 19.7 Å². The first-order valence-corrected chi connectivity index (χ1v) is 12.7. The van der Waals surface area contributed by atoms with Gasteiger partial charge in [0.2, 0.25) is 0 Å². The zero-order valence-corrected chi connectivity index (χ0v) is 21.2. The van der Waals surface area contributed by atoms with Crippen LogP contribution in [0.2, 0.25) is 10.0 Å². The zero-order valence-electron chi connectivity index (χ0n) is 19.7. The van der Waals surface area contributed by atoms with Crippen molar-refractivity contribution in [3.05, 3.63) is 69.2 Å². The number of fused-ring (bicyclic) bond motifs is 1. The molecule has 0 bridgehead atoms. The normalized spacial score (nSPS) is 22.5. The molecule has 5 rings (SSSR count). The molecule has 8 heteroatoms. The van der Waals surface area contributed by atoms with Crippen molar-refractivity contribution in [2.75, 3.05) is 13.1 Å². The van der Waals surface area contributed by atoms with Crippen LogP contribution in [0.4, 0.5) is 0 Å². The van der Waals surface area contributed by atoms with Crippen LogP contribution in [0.5, 0.6) is 5.75 Å². The molecule has 1 N–H and O–H groups in total. The van der Waals surface area contributed by atoms with Crippen molar-refractivity contribution in [2.45, 2.75) is 64.2 Å². The second-order valence-corrected chi connectivity index (χ2v) is 10.4. The van der Waals surface area contributed by atoms with Gasteiger partial charge in [0.25, 0.3) is 0 Å². The van der Waals surface area contributed by atoms with Crippen LogP contribution in [0.15, 0.2) is 36.4 Å². The third kappa shape index (κ3) is 4.33. The van der Waals surface area contributed by atoms with Crippen molar-refractivity contribution in [2.24, 2.45) is 0 Å². The van der Waals surface area contributed by atoms with E-state index in [1.54, 1.807) is 6.07 Å². The standard InChI is InChI=1S/C26H30Cl2N4O2/c1-4-24-29-30-26(15(2)3)32(24)17-5-7-19(8-6-17)34-25-21-11-16(27)12-22(28)20(21)13-23(25)31-10-9-18(33)14-31/h5-8,11-12,15,18,23,25,33H,4,9-10,13-14H2,1-3H3/t18-,23+,25-/m1/s1. The Morgan fingerprint density at radius 2 is 1.91 bits per heavy atom. The van der Waals surface area contributed by atoms with Crippen LogP contribution in [0.3, 0.4) is 0 Å². The van der Waals surface area contributed by atoms with Crippen LogP contribution in [0.25, 0.3) is 5.69 Å². The highest BCUT2D eigenvalue weighted by Gasteiger charge is 2.41. The minimum absolute atomic E-state index is 0.0971. The summed E-state index contributed by atoms with van der Waals surface area (Å²) < 4.78 is 8.73. The molecular formula is C26H30Cl2N4O2. The third-order valence-corrected chi connectivity index (χ3v) is 7.43. The molecule has 0 saturated carbocycles. The quantitative estimate of drug-likeness (QED) is 0.492. The first-order chi connectivity index (χ1) is 16.4. The van der Waals surface area contributed by atoms with Crippen molar-refractivity contribution in [3.8, 4) is 11.4 Å². The van der Waals surface area contributed by atoms with Gasteiger partial charge in [0.15, 0.2) is 0 Å². The molecule has 2 aliphatic rings. The molecule has 0 amide bonds. The van der Waals surface area contributed by atoms with Gasteiger partial charge < -0.3 is 9.84 Å². The molecule has 34 heavy (non-hydrogen) atoms. The summed E-state index contributed by atoms with van der Waals surface area (Å²) in [5, 5.41) is 20.2. The highest BCUT2D eigenvalue weighted by molar-refractivity contribution is 6.35. The number of hydrogen-bond donors (Lipinski definition) is 1. The average molecular weight is 501 g/mol. The van der Waals surface area contributed by atoms with Gasteiger partial charge in [-0.15, -0.1) is 10.2 Å². The van der Waals surface area contributed by atoms with Gasteiger partial charge >= 0.3 is 0 Å². The van der Waals surface area contributed by atoms with Crippen molar-refractivity contribution in [1.29, 1.82) is 0 Å². The lowest BCUT2D eigenvalue weighted by atomic mass is 10.1. The van der Waals surface area contributed by atoms with Crippen molar-refractivity contribution in [3.63, 3.8) is 0 Å². The summed E-state index contributed by atoms with van der Waals surface area (Å²) >= 11 is 12.9. The van der Waals surface area contributed by atoms with E-state index in [9.17, 15) is 5.11 Å². The molecule has 3 atom stereocenters. The third-order valence-electron chi connectivity index (χ3n) is 6.87. The topological polar surface area (TPSA) is 63.4 Å². The summed E-state index contributed by atoms with van der Waals surface area (Å²) in [6.07, 6.45) is 1.85. The van der Waals surface area contributed by atoms with E-state index in [0.717, 1.165) is 60.0 Å². The van der Waals surface area contributed by atoms with Crippen molar-refractivity contribution < 1.29 is 9.84 Å². The summed E-state index contributed by atoms with van der Waals surface area (Å²) in [7, 11) is 0. The monoisotopic (exact) mass is 500 g/mol.